The van der Waals surface area contributed by atoms with Crippen LogP contribution in [0, 0.1) is 12.8 Å². The highest BCUT2D eigenvalue weighted by atomic mass is 35.5. The smallest absolute Gasteiger partial charge is 0.130 e. The van der Waals surface area contributed by atoms with E-state index in [4.69, 9.17) is 11.6 Å². The molecule has 1 N–H and O–H groups in total. The molecule has 20 heavy (non-hydrogen) atoms. The lowest BCUT2D eigenvalue weighted by Gasteiger charge is -2.17. The highest BCUT2D eigenvalue weighted by Gasteiger charge is 2.28. The van der Waals surface area contributed by atoms with E-state index in [0.29, 0.717) is 11.6 Å². The van der Waals surface area contributed by atoms with Crippen molar-refractivity contribution in [3.8, 4) is 0 Å². The molecule has 2 aromatic rings. The molecule has 1 heterocycles. The summed E-state index contributed by atoms with van der Waals surface area (Å²) in [5.41, 5.74) is 4.61. The normalized spacial score (nSPS) is 16.4. The Kier molecular flexibility index (Phi) is 3.57. The number of rotatable bonds is 3. The molecular weight excluding hydrogens is 272 g/mol. The summed E-state index contributed by atoms with van der Waals surface area (Å²) >= 11 is 6.24. The second kappa shape index (κ2) is 5.23. The lowest BCUT2D eigenvalue weighted by Crippen LogP contribution is -2.23. The maximum Gasteiger partial charge on any atom is 0.130 e. The van der Waals surface area contributed by atoms with Crippen LogP contribution in [0.25, 0.3) is 0 Å². The van der Waals surface area contributed by atoms with Gasteiger partial charge >= 0.3 is 0 Å². The van der Waals surface area contributed by atoms with Crippen molar-refractivity contribution in [2.24, 2.45) is 13.0 Å². The van der Waals surface area contributed by atoms with E-state index in [9.17, 15) is 5.11 Å². The Morgan fingerprint density at radius 3 is 2.45 bits per heavy atom. The lowest BCUT2D eigenvalue weighted by molar-refractivity contribution is 0.112. The summed E-state index contributed by atoms with van der Waals surface area (Å²) in [4.78, 5) is 0. The lowest BCUT2D eigenvalue weighted by atomic mass is 9.94. The first-order chi connectivity index (χ1) is 9.56. The summed E-state index contributed by atoms with van der Waals surface area (Å²) in [6.07, 6.45) is 2.11. The van der Waals surface area contributed by atoms with Crippen LogP contribution in [0.3, 0.4) is 0 Å². The summed E-state index contributed by atoms with van der Waals surface area (Å²) < 4.78 is 1.67. The highest BCUT2D eigenvalue weighted by Crippen LogP contribution is 2.31. The average Bonchev–Trinajstić information content (AvgIpc) is 2.95. The minimum absolute atomic E-state index is 0.281. The van der Waals surface area contributed by atoms with Crippen molar-refractivity contribution >= 4 is 11.6 Å². The van der Waals surface area contributed by atoms with Gasteiger partial charge in [0, 0.05) is 19.0 Å². The van der Waals surface area contributed by atoms with Crippen molar-refractivity contribution in [1.29, 1.82) is 0 Å². The van der Waals surface area contributed by atoms with Gasteiger partial charge in [0.1, 0.15) is 5.15 Å². The number of nitrogens with zero attached hydrogens (tertiary/aromatic N) is 2. The molecule has 0 amide bonds. The molecule has 3 nitrogen and oxygen atoms in total. The van der Waals surface area contributed by atoms with Crippen molar-refractivity contribution in [3.05, 3.63) is 51.8 Å². The molecule has 106 valence electrons. The second-order valence-corrected chi connectivity index (χ2v) is 6.04. The van der Waals surface area contributed by atoms with Gasteiger partial charge in [-0.25, -0.2) is 0 Å². The molecule has 0 radical (unpaired) electrons. The van der Waals surface area contributed by atoms with E-state index >= 15 is 0 Å². The number of benzene rings is 1. The van der Waals surface area contributed by atoms with Gasteiger partial charge in [0.2, 0.25) is 0 Å². The van der Waals surface area contributed by atoms with Gasteiger partial charge in [0.25, 0.3) is 0 Å². The maximum absolute atomic E-state index is 10.5. The molecule has 1 atom stereocenters. The van der Waals surface area contributed by atoms with Crippen molar-refractivity contribution < 1.29 is 5.11 Å². The van der Waals surface area contributed by atoms with Crippen LogP contribution in [-0.4, -0.2) is 21.0 Å². The first-order valence-corrected chi connectivity index (χ1v) is 7.37. The van der Waals surface area contributed by atoms with E-state index in [1.807, 2.05) is 14.0 Å². The number of aliphatic hydroxyl groups excluding tert-OH is 1. The van der Waals surface area contributed by atoms with Gasteiger partial charge in [-0.3, -0.25) is 4.68 Å². The topological polar surface area (TPSA) is 38.0 Å². The summed E-state index contributed by atoms with van der Waals surface area (Å²) in [7, 11) is 1.83. The molecule has 1 unspecified atom stereocenters. The average molecular weight is 291 g/mol. The van der Waals surface area contributed by atoms with Gasteiger partial charge in [0.15, 0.2) is 0 Å². The molecular formula is C16H19ClN2O. The minimum Gasteiger partial charge on any atom is -0.392 e. The molecule has 1 aromatic heterocycles. The molecule has 0 bridgehead atoms. The number of halogens is 1. The van der Waals surface area contributed by atoms with E-state index < -0.39 is 0 Å². The van der Waals surface area contributed by atoms with Gasteiger partial charge in [-0.15, -0.1) is 0 Å². The SMILES string of the molecule is Cc1nn(C)c(Cl)c1CC(O)C1Cc2ccccc2C1. The van der Waals surface area contributed by atoms with Crippen molar-refractivity contribution in [3.63, 3.8) is 0 Å². The van der Waals surface area contributed by atoms with E-state index in [-0.39, 0.29) is 12.0 Å². The number of aromatic nitrogens is 2. The molecule has 0 spiro atoms. The van der Waals surface area contributed by atoms with Crippen LogP contribution in [0.15, 0.2) is 24.3 Å². The zero-order valence-corrected chi connectivity index (χ0v) is 12.6. The number of aliphatic hydroxyl groups is 1. The molecule has 4 heteroatoms. The number of aryl methyl sites for hydroxylation is 2. The number of hydrogen-bond acceptors (Lipinski definition) is 2. The largest absolute Gasteiger partial charge is 0.392 e. The van der Waals surface area contributed by atoms with Crippen LogP contribution in [0.4, 0.5) is 0 Å². The Morgan fingerprint density at radius 1 is 1.35 bits per heavy atom. The third-order valence-electron chi connectivity index (χ3n) is 4.31. The van der Waals surface area contributed by atoms with Crippen molar-refractivity contribution in [2.45, 2.75) is 32.3 Å². The Labute approximate surface area is 124 Å². The van der Waals surface area contributed by atoms with E-state index in [2.05, 4.69) is 29.4 Å². The number of fused-ring (bicyclic) bond motifs is 1. The predicted octanol–water partition coefficient (Wildman–Crippen LogP) is 2.70. The number of hydrogen-bond donors (Lipinski definition) is 1. The minimum atomic E-state index is -0.372. The first-order valence-electron chi connectivity index (χ1n) is 6.99. The van der Waals surface area contributed by atoms with E-state index in [1.54, 1.807) is 4.68 Å². The Bertz CT molecular complexity index is 610. The van der Waals surface area contributed by atoms with Crippen LogP contribution in [0.1, 0.15) is 22.4 Å². The fourth-order valence-electron chi connectivity index (χ4n) is 3.15. The zero-order chi connectivity index (χ0) is 14.3. The summed E-state index contributed by atoms with van der Waals surface area (Å²) in [6, 6.07) is 8.44. The van der Waals surface area contributed by atoms with Crippen LogP contribution < -0.4 is 0 Å². The van der Waals surface area contributed by atoms with E-state index in [1.165, 1.54) is 11.1 Å². The molecule has 3 rings (SSSR count). The predicted molar refractivity (Wildman–Crippen MR) is 80.0 cm³/mol. The fourth-order valence-corrected chi connectivity index (χ4v) is 3.40. The molecule has 1 aliphatic carbocycles. The third-order valence-corrected chi connectivity index (χ3v) is 4.78. The van der Waals surface area contributed by atoms with Gasteiger partial charge in [0.05, 0.1) is 11.8 Å². The van der Waals surface area contributed by atoms with Crippen LogP contribution in [0.5, 0.6) is 0 Å². The third kappa shape index (κ3) is 2.36. The molecule has 0 fully saturated rings. The van der Waals surface area contributed by atoms with E-state index in [0.717, 1.165) is 24.1 Å². The van der Waals surface area contributed by atoms with Gasteiger partial charge in [-0.05, 0) is 36.8 Å². The Hall–Kier alpha value is -1.32. The van der Waals surface area contributed by atoms with Crippen molar-refractivity contribution in [1.82, 2.24) is 9.78 Å². The Morgan fingerprint density at radius 2 is 1.95 bits per heavy atom. The van der Waals surface area contributed by atoms with Crippen LogP contribution >= 0.6 is 11.6 Å². The molecule has 0 saturated heterocycles. The standard InChI is InChI=1S/C16H19ClN2O/c1-10-14(16(17)19(2)18-10)9-15(20)13-7-11-5-3-4-6-12(11)8-13/h3-6,13,15,20H,7-9H2,1-2H3. The summed E-state index contributed by atoms with van der Waals surface area (Å²) in [6.45, 7) is 1.94. The molecule has 1 aliphatic rings. The monoisotopic (exact) mass is 290 g/mol. The van der Waals surface area contributed by atoms with Crippen LogP contribution in [-0.2, 0) is 26.3 Å². The highest BCUT2D eigenvalue weighted by molar-refractivity contribution is 6.30. The van der Waals surface area contributed by atoms with Gasteiger partial charge in [-0.2, -0.15) is 5.10 Å². The zero-order valence-electron chi connectivity index (χ0n) is 11.8. The van der Waals surface area contributed by atoms with Crippen LogP contribution in [0.2, 0.25) is 5.15 Å². The maximum atomic E-state index is 10.5. The summed E-state index contributed by atoms with van der Waals surface area (Å²) in [5.74, 6) is 0.281. The Balaban J connectivity index is 1.74. The molecule has 0 saturated carbocycles. The molecule has 0 aliphatic heterocycles. The van der Waals surface area contributed by atoms with Gasteiger partial charge in [-0.1, -0.05) is 35.9 Å². The fraction of sp³-hybridized carbons (Fsp3) is 0.438. The second-order valence-electron chi connectivity index (χ2n) is 5.69. The quantitative estimate of drug-likeness (QED) is 0.944. The first kappa shape index (κ1) is 13.7. The van der Waals surface area contributed by atoms with Gasteiger partial charge < -0.3 is 5.11 Å². The molecule has 1 aromatic carbocycles. The van der Waals surface area contributed by atoms with Crippen molar-refractivity contribution in [2.75, 3.05) is 0 Å². The summed E-state index contributed by atoms with van der Waals surface area (Å²) in [5, 5.41) is 15.5.